The van der Waals surface area contributed by atoms with Gasteiger partial charge in [0.25, 0.3) is 0 Å². The number of aromatic carboxylic acids is 1. The van der Waals surface area contributed by atoms with Crippen molar-refractivity contribution in [1.29, 1.82) is 0 Å². The van der Waals surface area contributed by atoms with E-state index in [4.69, 9.17) is 5.11 Å². The van der Waals surface area contributed by atoms with E-state index in [0.717, 1.165) is 16.6 Å². The Labute approximate surface area is 102 Å². The summed E-state index contributed by atoms with van der Waals surface area (Å²) in [5.74, 6) is -1.03. The Morgan fingerprint density at radius 2 is 2.17 bits per heavy atom. The van der Waals surface area contributed by atoms with Crippen LogP contribution in [0.4, 0.5) is 0 Å². The molecule has 3 rings (SSSR count). The second-order valence-electron chi connectivity index (χ2n) is 3.88. The van der Waals surface area contributed by atoms with Crippen molar-refractivity contribution < 1.29 is 9.90 Å². The predicted octanol–water partition coefficient (Wildman–Crippen LogP) is 2.09. The molecular formula is C13H9N3O2. The van der Waals surface area contributed by atoms with E-state index in [9.17, 15) is 4.79 Å². The molecule has 0 bridgehead atoms. The van der Waals surface area contributed by atoms with Gasteiger partial charge in [-0.2, -0.15) is 0 Å². The first kappa shape index (κ1) is 10.5. The Morgan fingerprint density at radius 3 is 2.89 bits per heavy atom. The average Bonchev–Trinajstić information content (AvgIpc) is 2.82. The number of carboxylic acids is 1. The zero-order valence-corrected chi connectivity index (χ0v) is 9.32. The maximum Gasteiger partial charge on any atom is 0.354 e. The molecule has 3 aromatic rings. The molecule has 0 aliphatic rings. The summed E-state index contributed by atoms with van der Waals surface area (Å²) in [5, 5.41) is 8.89. The summed E-state index contributed by atoms with van der Waals surface area (Å²) in [7, 11) is 0. The third-order valence-corrected chi connectivity index (χ3v) is 2.70. The molecule has 0 unspecified atom stereocenters. The zero-order chi connectivity index (χ0) is 12.5. The van der Waals surface area contributed by atoms with Crippen molar-refractivity contribution in [3.63, 3.8) is 0 Å². The summed E-state index contributed by atoms with van der Waals surface area (Å²) in [4.78, 5) is 18.8. The minimum absolute atomic E-state index is 0.0401. The van der Waals surface area contributed by atoms with Gasteiger partial charge in [0.15, 0.2) is 5.69 Å². The smallest absolute Gasteiger partial charge is 0.354 e. The third kappa shape index (κ3) is 1.71. The van der Waals surface area contributed by atoms with Crippen LogP contribution in [0.1, 0.15) is 10.5 Å². The van der Waals surface area contributed by atoms with E-state index in [-0.39, 0.29) is 5.69 Å². The fraction of sp³-hybridized carbons (Fsp3) is 0. The zero-order valence-electron chi connectivity index (χ0n) is 9.32. The number of nitrogens with zero attached hydrogens (tertiary/aromatic N) is 3. The summed E-state index contributed by atoms with van der Waals surface area (Å²) < 4.78 is 1.79. The Bertz CT molecular complexity index is 719. The van der Waals surface area contributed by atoms with Gasteiger partial charge in [0, 0.05) is 35.2 Å². The van der Waals surface area contributed by atoms with Crippen molar-refractivity contribution in [2.45, 2.75) is 0 Å². The van der Waals surface area contributed by atoms with Crippen molar-refractivity contribution in [3.05, 3.63) is 54.9 Å². The van der Waals surface area contributed by atoms with Crippen LogP contribution < -0.4 is 0 Å². The number of hydrogen-bond donors (Lipinski definition) is 1. The molecule has 0 atom stereocenters. The number of carboxylic acid groups (broad SMARTS) is 1. The number of aromatic nitrogens is 3. The second-order valence-corrected chi connectivity index (χ2v) is 3.88. The summed E-state index contributed by atoms with van der Waals surface area (Å²) >= 11 is 0. The van der Waals surface area contributed by atoms with Crippen LogP contribution >= 0.6 is 0 Å². The van der Waals surface area contributed by atoms with Gasteiger partial charge in [-0.05, 0) is 18.2 Å². The van der Waals surface area contributed by atoms with E-state index in [1.807, 2.05) is 24.4 Å². The van der Waals surface area contributed by atoms with Crippen molar-refractivity contribution in [2.24, 2.45) is 0 Å². The molecule has 3 heterocycles. The molecule has 0 aliphatic carbocycles. The molecule has 0 fully saturated rings. The van der Waals surface area contributed by atoms with Crippen molar-refractivity contribution in [3.8, 4) is 11.1 Å². The average molecular weight is 239 g/mol. The maximum atomic E-state index is 10.8. The van der Waals surface area contributed by atoms with Crippen molar-refractivity contribution in [1.82, 2.24) is 14.4 Å². The highest BCUT2D eigenvalue weighted by Gasteiger charge is 2.07. The molecule has 18 heavy (non-hydrogen) atoms. The maximum absolute atomic E-state index is 10.8. The van der Waals surface area contributed by atoms with E-state index in [1.54, 1.807) is 22.9 Å². The number of pyridine rings is 1. The Kier molecular flexibility index (Phi) is 2.30. The Balaban J connectivity index is 2.14. The lowest BCUT2D eigenvalue weighted by atomic mass is 10.1. The van der Waals surface area contributed by atoms with Gasteiger partial charge < -0.3 is 9.51 Å². The van der Waals surface area contributed by atoms with Gasteiger partial charge in [-0.25, -0.2) is 9.78 Å². The molecular weight excluding hydrogens is 230 g/mol. The van der Waals surface area contributed by atoms with Crippen LogP contribution in [0.3, 0.4) is 0 Å². The Hall–Kier alpha value is -2.69. The van der Waals surface area contributed by atoms with Crippen molar-refractivity contribution in [2.75, 3.05) is 0 Å². The van der Waals surface area contributed by atoms with Crippen LogP contribution in [0.25, 0.3) is 16.6 Å². The first-order chi connectivity index (χ1) is 8.74. The molecule has 0 amide bonds. The topological polar surface area (TPSA) is 67.5 Å². The van der Waals surface area contributed by atoms with E-state index in [2.05, 4.69) is 9.97 Å². The van der Waals surface area contributed by atoms with Gasteiger partial charge in [-0.15, -0.1) is 0 Å². The lowest BCUT2D eigenvalue weighted by Gasteiger charge is -1.95. The fourth-order valence-electron chi connectivity index (χ4n) is 1.82. The van der Waals surface area contributed by atoms with Crippen LogP contribution in [0.5, 0.6) is 0 Å². The third-order valence-electron chi connectivity index (χ3n) is 2.70. The van der Waals surface area contributed by atoms with Crippen LogP contribution in [0, 0.1) is 0 Å². The van der Waals surface area contributed by atoms with E-state index in [0.29, 0.717) is 0 Å². The monoisotopic (exact) mass is 239 g/mol. The molecule has 3 aromatic heterocycles. The molecule has 5 heteroatoms. The van der Waals surface area contributed by atoms with Gasteiger partial charge in [0.05, 0.1) is 0 Å². The minimum atomic E-state index is -1.03. The molecule has 0 aromatic carbocycles. The predicted molar refractivity (Wildman–Crippen MR) is 65.4 cm³/mol. The van der Waals surface area contributed by atoms with E-state index >= 15 is 0 Å². The first-order valence-electron chi connectivity index (χ1n) is 5.35. The van der Waals surface area contributed by atoms with Crippen molar-refractivity contribution >= 4 is 11.5 Å². The number of fused-ring (bicyclic) bond motifs is 1. The first-order valence-corrected chi connectivity index (χ1v) is 5.35. The summed E-state index contributed by atoms with van der Waals surface area (Å²) in [6.07, 6.45) is 6.87. The molecule has 5 nitrogen and oxygen atoms in total. The lowest BCUT2D eigenvalue weighted by molar-refractivity contribution is 0.0690. The lowest BCUT2D eigenvalue weighted by Crippen LogP contribution is -2.00. The SMILES string of the molecule is O=C(O)c1cc2cc(-c3cccnc3)cn2cn1. The molecule has 88 valence electrons. The number of rotatable bonds is 2. The van der Waals surface area contributed by atoms with E-state index in [1.165, 1.54) is 6.33 Å². The van der Waals surface area contributed by atoms with Gasteiger partial charge in [-0.3, -0.25) is 4.98 Å². The molecule has 0 spiro atoms. The normalized spacial score (nSPS) is 10.7. The highest BCUT2D eigenvalue weighted by molar-refractivity contribution is 5.87. The van der Waals surface area contributed by atoms with Crippen LogP contribution in [-0.2, 0) is 0 Å². The number of carbonyl (C=O) groups is 1. The van der Waals surface area contributed by atoms with Crippen LogP contribution in [0.15, 0.2) is 49.2 Å². The Morgan fingerprint density at radius 1 is 1.28 bits per heavy atom. The van der Waals surface area contributed by atoms with Gasteiger partial charge in [0.2, 0.25) is 0 Å². The largest absolute Gasteiger partial charge is 0.477 e. The molecule has 0 saturated heterocycles. The molecule has 0 aliphatic heterocycles. The van der Waals surface area contributed by atoms with Gasteiger partial charge >= 0.3 is 5.97 Å². The fourth-order valence-corrected chi connectivity index (χ4v) is 1.82. The molecule has 0 radical (unpaired) electrons. The molecule has 0 saturated carbocycles. The van der Waals surface area contributed by atoms with Gasteiger partial charge in [-0.1, -0.05) is 6.07 Å². The summed E-state index contributed by atoms with van der Waals surface area (Å²) in [5.41, 5.74) is 2.80. The molecule has 1 N–H and O–H groups in total. The van der Waals surface area contributed by atoms with Crippen LogP contribution in [-0.4, -0.2) is 25.4 Å². The second kappa shape index (κ2) is 3.96. The van der Waals surface area contributed by atoms with Crippen LogP contribution in [0.2, 0.25) is 0 Å². The van der Waals surface area contributed by atoms with Gasteiger partial charge in [0.1, 0.15) is 6.33 Å². The summed E-state index contributed by atoms with van der Waals surface area (Å²) in [6, 6.07) is 7.26. The quantitative estimate of drug-likeness (QED) is 0.743. The minimum Gasteiger partial charge on any atom is -0.477 e. The standard InChI is InChI=1S/C13H9N3O2/c17-13(18)12-5-11-4-10(7-16(11)8-15-12)9-2-1-3-14-6-9/h1-8H,(H,17,18). The van der Waals surface area contributed by atoms with E-state index < -0.39 is 5.97 Å². The summed E-state index contributed by atoms with van der Waals surface area (Å²) in [6.45, 7) is 0. The highest BCUT2D eigenvalue weighted by atomic mass is 16.4. The number of hydrogen-bond acceptors (Lipinski definition) is 3. The highest BCUT2D eigenvalue weighted by Crippen LogP contribution is 2.21.